The molecule has 0 bridgehead atoms. The molecule has 2 aromatic heterocycles. The number of carbonyl (C=O) groups excluding carboxylic acids is 1. The standard InChI is InChI=1S/C23H25BrF3N7O2/c1-14(20-18-11-16(24)3-4-17(18)21(36)31-30-20)32(2)6-5-19(35)33-7-9-34(10-8-33)22-28-12-15(13-29-22)23(25,26)27/h3-4,11-14H,5-10H2,1-2H3,(H,31,36). The van der Waals surface area contributed by atoms with Crippen LogP contribution in [0.25, 0.3) is 10.8 Å². The lowest BCUT2D eigenvalue weighted by molar-refractivity contribution is -0.138. The minimum absolute atomic E-state index is 0.0101. The summed E-state index contributed by atoms with van der Waals surface area (Å²) in [6, 6.07) is 5.26. The Labute approximate surface area is 213 Å². The molecule has 0 saturated carbocycles. The van der Waals surface area contributed by atoms with Crippen LogP contribution in [0.4, 0.5) is 19.1 Å². The number of fused-ring (bicyclic) bond motifs is 1. The first-order valence-corrected chi connectivity index (χ1v) is 12.1. The maximum Gasteiger partial charge on any atom is 0.419 e. The Morgan fingerprint density at radius 1 is 1.17 bits per heavy atom. The molecule has 0 aliphatic carbocycles. The Balaban J connectivity index is 1.32. The number of anilines is 1. The molecule has 4 rings (SSSR count). The number of H-pyrrole nitrogens is 1. The van der Waals surface area contributed by atoms with E-state index in [4.69, 9.17) is 0 Å². The molecule has 1 aliphatic heterocycles. The number of nitrogens with zero attached hydrogens (tertiary/aromatic N) is 6. The number of amides is 1. The van der Waals surface area contributed by atoms with E-state index in [2.05, 4.69) is 36.1 Å². The van der Waals surface area contributed by atoms with Crippen LogP contribution in [0.15, 0.2) is 39.9 Å². The second kappa shape index (κ2) is 10.5. The topological polar surface area (TPSA) is 98.3 Å². The number of carbonyl (C=O) groups is 1. The van der Waals surface area contributed by atoms with Crippen LogP contribution in [-0.2, 0) is 11.0 Å². The number of piperazine rings is 1. The highest BCUT2D eigenvalue weighted by Crippen LogP contribution is 2.29. The molecule has 9 nitrogen and oxygen atoms in total. The predicted molar refractivity (Wildman–Crippen MR) is 132 cm³/mol. The molecule has 1 saturated heterocycles. The van der Waals surface area contributed by atoms with Crippen molar-refractivity contribution in [2.75, 3.05) is 44.7 Å². The summed E-state index contributed by atoms with van der Waals surface area (Å²) in [5.74, 6) is 0.208. The largest absolute Gasteiger partial charge is 0.419 e. The average molecular weight is 568 g/mol. The molecule has 0 spiro atoms. The third-order valence-electron chi connectivity index (χ3n) is 6.40. The summed E-state index contributed by atoms with van der Waals surface area (Å²) in [4.78, 5) is 38.1. The first-order valence-electron chi connectivity index (χ1n) is 11.3. The summed E-state index contributed by atoms with van der Waals surface area (Å²) < 4.78 is 39.0. The van der Waals surface area contributed by atoms with Crippen LogP contribution >= 0.6 is 15.9 Å². The van der Waals surface area contributed by atoms with Crippen molar-refractivity contribution in [3.05, 3.63) is 56.7 Å². The van der Waals surface area contributed by atoms with Gasteiger partial charge >= 0.3 is 6.18 Å². The smallest absolute Gasteiger partial charge is 0.339 e. The van der Waals surface area contributed by atoms with Crippen molar-refractivity contribution in [1.82, 2.24) is 30.0 Å². The summed E-state index contributed by atoms with van der Waals surface area (Å²) in [5, 5.41) is 8.12. The summed E-state index contributed by atoms with van der Waals surface area (Å²) in [5.41, 5.74) is -0.436. The van der Waals surface area contributed by atoms with E-state index in [1.54, 1.807) is 21.9 Å². The maximum atomic E-state index is 12.8. The third-order valence-corrected chi connectivity index (χ3v) is 6.89. The molecular formula is C23H25BrF3N7O2. The summed E-state index contributed by atoms with van der Waals surface area (Å²) in [6.07, 6.45) is -2.64. The molecule has 1 aliphatic rings. The average Bonchev–Trinajstić information content (AvgIpc) is 2.86. The van der Waals surface area contributed by atoms with Crippen LogP contribution < -0.4 is 10.5 Å². The molecule has 3 heterocycles. The van der Waals surface area contributed by atoms with Gasteiger partial charge in [-0.1, -0.05) is 15.9 Å². The molecule has 1 amide bonds. The summed E-state index contributed by atoms with van der Waals surface area (Å²) >= 11 is 3.44. The summed E-state index contributed by atoms with van der Waals surface area (Å²) in [6.45, 7) is 4.19. The van der Waals surface area contributed by atoms with Crippen LogP contribution in [-0.4, -0.2) is 75.6 Å². The monoisotopic (exact) mass is 567 g/mol. The van der Waals surface area contributed by atoms with E-state index in [1.807, 2.05) is 24.9 Å². The van der Waals surface area contributed by atoms with Crippen LogP contribution in [0.3, 0.4) is 0 Å². The third kappa shape index (κ3) is 5.67. The van der Waals surface area contributed by atoms with Gasteiger partial charge in [0, 0.05) is 61.4 Å². The van der Waals surface area contributed by atoms with Crippen LogP contribution in [0.5, 0.6) is 0 Å². The minimum atomic E-state index is -4.48. The molecule has 1 fully saturated rings. The van der Waals surface area contributed by atoms with E-state index >= 15 is 0 Å². The van der Waals surface area contributed by atoms with Gasteiger partial charge in [-0.05, 0) is 32.2 Å². The highest BCUT2D eigenvalue weighted by atomic mass is 79.9. The van der Waals surface area contributed by atoms with Gasteiger partial charge in [-0.2, -0.15) is 18.3 Å². The maximum absolute atomic E-state index is 12.8. The first kappa shape index (κ1) is 26.0. The van der Waals surface area contributed by atoms with E-state index < -0.39 is 11.7 Å². The highest BCUT2D eigenvalue weighted by Gasteiger charge is 2.32. The second-order valence-electron chi connectivity index (χ2n) is 8.67. The SMILES string of the molecule is CC(c1n[nH]c(=O)c2ccc(Br)cc12)N(C)CCC(=O)N1CCN(c2ncc(C(F)(F)F)cn2)CC1. The van der Waals surface area contributed by atoms with Gasteiger partial charge in [-0.15, -0.1) is 0 Å². The van der Waals surface area contributed by atoms with Crippen LogP contribution in [0, 0.1) is 0 Å². The first-order chi connectivity index (χ1) is 17.0. The lowest BCUT2D eigenvalue weighted by Crippen LogP contribution is -2.49. The van der Waals surface area contributed by atoms with Crippen molar-refractivity contribution in [1.29, 1.82) is 0 Å². The number of aromatic nitrogens is 4. The molecule has 1 unspecified atom stereocenters. The molecule has 0 radical (unpaired) electrons. The van der Waals surface area contributed by atoms with E-state index in [0.717, 1.165) is 22.3 Å². The Morgan fingerprint density at radius 3 is 2.47 bits per heavy atom. The highest BCUT2D eigenvalue weighted by molar-refractivity contribution is 9.10. The Morgan fingerprint density at radius 2 is 1.83 bits per heavy atom. The number of benzene rings is 1. The van der Waals surface area contributed by atoms with Crippen molar-refractivity contribution >= 4 is 38.6 Å². The van der Waals surface area contributed by atoms with Gasteiger partial charge in [-0.25, -0.2) is 15.1 Å². The fourth-order valence-electron chi connectivity index (χ4n) is 4.10. The van der Waals surface area contributed by atoms with E-state index in [0.29, 0.717) is 50.2 Å². The van der Waals surface area contributed by atoms with Gasteiger partial charge in [0.1, 0.15) is 0 Å². The Bertz CT molecular complexity index is 1290. The number of hydrogen-bond donors (Lipinski definition) is 1. The zero-order valence-corrected chi connectivity index (χ0v) is 21.3. The molecule has 192 valence electrons. The van der Waals surface area contributed by atoms with Gasteiger partial charge in [0.15, 0.2) is 0 Å². The molecule has 1 N–H and O–H groups in total. The predicted octanol–water partition coefficient (Wildman–Crippen LogP) is 3.23. The van der Waals surface area contributed by atoms with Crippen molar-refractivity contribution in [2.24, 2.45) is 0 Å². The van der Waals surface area contributed by atoms with E-state index in [-0.39, 0.29) is 23.5 Å². The number of nitrogens with one attached hydrogen (secondary N) is 1. The molecule has 13 heteroatoms. The number of hydrogen-bond acceptors (Lipinski definition) is 7. The normalized spacial score (nSPS) is 15.5. The van der Waals surface area contributed by atoms with Crippen molar-refractivity contribution in [3.8, 4) is 0 Å². The molecule has 1 atom stereocenters. The van der Waals surface area contributed by atoms with Crippen molar-refractivity contribution < 1.29 is 18.0 Å². The van der Waals surface area contributed by atoms with Gasteiger partial charge in [0.05, 0.1) is 22.7 Å². The lowest BCUT2D eigenvalue weighted by atomic mass is 10.1. The Kier molecular flexibility index (Phi) is 7.59. The van der Waals surface area contributed by atoms with Gasteiger partial charge < -0.3 is 9.80 Å². The number of rotatable bonds is 6. The van der Waals surface area contributed by atoms with Gasteiger partial charge in [-0.3, -0.25) is 14.5 Å². The number of aromatic amines is 1. The van der Waals surface area contributed by atoms with Gasteiger partial charge in [0.25, 0.3) is 5.56 Å². The second-order valence-corrected chi connectivity index (χ2v) is 9.59. The fourth-order valence-corrected chi connectivity index (χ4v) is 4.46. The zero-order chi connectivity index (χ0) is 26.0. The Hall–Kier alpha value is -3.06. The summed E-state index contributed by atoms with van der Waals surface area (Å²) in [7, 11) is 1.90. The van der Waals surface area contributed by atoms with Gasteiger partial charge in [0.2, 0.25) is 11.9 Å². The fraction of sp³-hybridized carbons (Fsp3) is 0.435. The molecule has 3 aromatic rings. The zero-order valence-electron chi connectivity index (χ0n) is 19.7. The number of alkyl halides is 3. The molecule has 36 heavy (non-hydrogen) atoms. The van der Waals surface area contributed by atoms with Crippen molar-refractivity contribution in [3.63, 3.8) is 0 Å². The minimum Gasteiger partial charge on any atom is -0.339 e. The van der Waals surface area contributed by atoms with E-state index in [9.17, 15) is 22.8 Å². The van der Waals surface area contributed by atoms with Crippen LogP contribution in [0.2, 0.25) is 0 Å². The lowest BCUT2D eigenvalue weighted by Gasteiger charge is -2.35. The number of halogens is 4. The molecular weight excluding hydrogens is 543 g/mol. The van der Waals surface area contributed by atoms with E-state index in [1.165, 1.54) is 0 Å². The van der Waals surface area contributed by atoms with Crippen molar-refractivity contribution in [2.45, 2.75) is 25.6 Å². The van der Waals surface area contributed by atoms with Crippen LogP contribution in [0.1, 0.15) is 30.6 Å². The quantitative estimate of drug-likeness (QED) is 0.488. The molecule has 1 aromatic carbocycles.